The molecule has 2 aliphatic rings. The van der Waals surface area contributed by atoms with Gasteiger partial charge < -0.3 is 10.6 Å². The van der Waals surface area contributed by atoms with Crippen LogP contribution in [0.25, 0.3) is 0 Å². The minimum Gasteiger partial charge on any atom is -0.349 e. The highest BCUT2D eigenvalue weighted by Crippen LogP contribution is 2.37. The van der Waals surface area contributed by atoms with Gasteiger partial charge in [-0.3, -0.25) is 4.79 Å². The summed E-state index contributed by atoms with van der Waals surface area (Å²) >= 11 is 0. The Morgan fingerprint density at radius 2 is 2.05 bits per heavy atom. The molecular formula is C18H25FN2O. The van der Waals surface area contributed by atoms with E-state index in [2.05, 4.69) is 10.6 Å². The van der Waals surface area contributed by atoms with Crippen molar-refractivity contribution < 1.29 is 9.18 Å². The molecule has 1 saturated carbocycles. The second-order valence-electron chi connectivity index (χ2n) is 6.69. The van der Waals surface area contributed by atoms with Gasteiger partial charge in [-0.2, -0.15) is 0 Å². The van der Waals surface area contributed by atoms with Gasteiger partial charge in [-0.25, -0.2) is 4.39 Å². The van der Waals surface area contributed by atoms with E-state index < -0.39 is 0 Å². The molecule has 1 heterocycles. The number of rotatable bonds is 6. The van der Waals surface area contributed by atoms with Crippen molar-refractivity contribution in [2.24, 2.45) is 11.8 Å². The molecular weight excluding hydrogens is 279 g/mol. The van der Waals surface area contributed by atoms with E-state index in [-0.39, 0.29) is 17.8 Å². The molecule has 22 heavy (non-hydrogen) atoms. The first-order chi connectivity index (χ1) is 10.7. The fourth-order valence-corrected chi connectivity index (χ4v) is 3.46. The zero-order valence-corrected chi connectivity index (χ0v) is 13.0. The number of nitrogens with one attached hydrogen (secondary N) is 2. The third-order valence-electron chi connectivity index (χ3n) is 5.11. The minimum atomic E-state index is -0.226. The Morgan fingerprint density at radius 1 is 1.27 bits per heavy atom. The van der Waals surface area contributed by atoms with Crippen LogP contribution in [0.5, 0.6) is 0 Å². The average Bonchev–Trinajstić information content (AvgIpc) is 2.97. The number of amides is 1. The van der Waals surface area contributed by atoms with Crippen LogP contribution in [-0.4, -0.2) is 19.0 Å². The van der Waals surface area contributed by atoms with E-state index in [0.29, 0.717) is 18.3 Å². The number of carbonyl (C=O) groups excluding carboxylic acids is 1. The third kappa shape index (κ3) is 3.86. The average molecular weight is 304 g/mol. The van der Waals surface area contributed by atoms with Gasteiger partial charge in [0.05, 0.1) is 6.04 Å². The predicted molar refractivity (Wildman–Crippen MR) is 84.8 cm³/mol. The van der Waals surface area contributed by atoms with E-state index >= 15 is 0 Å². The Bertz CT molecular complexity index is 492. The van der Waals surface area contributed by atoms with Gasteiger partial charge in [0.1, 0.15) is 5.82 Å². The smallest absolute Gasteiger partial charge is 0.220 e. The van der Waals surface area contributed by atoms with Crippen LogP contribution in [0.1, 0.15) is 50.1 Å². The fraction of sp³-hybridized carbons (Fsp3) is 0.611. The summed E-state index contributed by atoms with van der Waals surface area (Å²) in [6, 6.07) is 6.62. The lowest BCUT2D eigenvalue weighted by Gasteiger charge is -2.34. The SMILES string of the molecule is O=C(CCC1CCNC1)NC(c1ccc(F)cc1)C1CCC1. The van der Waals surface area contributed by atoms with E-state index in [0.717, 1.165) is 37.9 Å². The van der Waals surface area contributed by atoms with Crippen molar-refractivity contribution in [3.63, 3.8) is 0 Å². The molecule has 4 heteroatoms. The summed E-state index contributed by atoms with van der Waals surface area (Å²) in [6.07, 6.45) is 6.25. The van der Waals surface area contributed by atoms with Crippen LogP contribution in [0.4, 0.5) is 4.39 Å². The van der Waals surface area contributed by atoms with Gasteiger partial charge >= 0.3 is 0 Å². The van der Waals surface area contributed by atoms with Crippen LogP contribution in [-0.2, 0) is 4.79 Å². The molecule has 3 nitrogen and oxygen atoms in total. The molecule has 0 aromatic heterocycles. The Balaban J connectivity index is 1.57. The topological polar surface area (TPSA) is 41.1 Å². The Kier molecular flexibility index (Phi) is 5.08. The summed E-state index contributed by atoms with van der Waals surface area (Å²) in [5, 5.41) is 6.53. The Hall–Kier alpha value is -1.42. The first kappa shape index (κ1) is 15.5. The van der Waals surface area contributed by atoms with Crippen LogP contribution in [0.15, 0.2) is 24.3 Å². The van der Waals surface area contributed by atoms with Crippen molar-refractivity contribution in [1.29, 1.82) is 0 Å². The monoisotopic (exact) mass is 304 g/mol. The zero-order chi connectivity index (χ0) is 15.4. The molecule has 0 radical (unpaired) electrons. The quantitative estimate of drug-likeness (QED) is 0.847. The van der Waals surface area contributed by atoms with Crippen molar-refractivity contribution in [2.45, 2.75) is 44.6 Å². The van der Waals surface area contributed by atoms with Gasteiger partial charge in [0.25, 0.3) is 0 Å². The highest BCUT2D eigenvalue weighted by molar-refractivity contribution is 5.76. The highest BCUT2D eigenvalue weighted by atomic mass is 19.1. The van der Waals surface area contributed by atoms with Gasteiger partial charge in [0, 0.05) is 6.42 Å². The van der Waals surface area contributed by atoms with E-state index in [1.165, 1.54) is 25.0 Å². The first-order valence-electron chi connectivity index (χ1n) is 8.48. The number of halogens is 1. The van der Waals surface area contributed by atoms with Crippen LogP contribution >= 0.6 is 0 Å². The number of hydrogen-bond donors (Lipinski definition) is 2. The van der Waals surface area contributed by atoms with Gasteiger partial charge in [0.2, 0.25) is 5.91 Å². The Morgan fingerprint density at radius 3 is 2.64 bits per heavy atom. The summed E-state index contributed by atoms with van der Waals surface area (Å²) < 4.78 is 13.1. The summed E-state index contributed by atoms with van der Waals surface area (Å²) in [5.74, 6) is 1.05. The van der Waals surface area contributed by atoms with Crippen LogP contribution in [0.3, 0.4) is 0 Å². The third-order valence-corrected chi connectivity index (χ3v) is 5.11. The first-order valence-corrected chi connectivity index (χ1v) is 8.48. The molecule has 2 atom stereocenters. The van der Waals surface area contributed by atoms with Crippen molar-refractivity contribution in [1.82, 2.24) is 10.6 Å². The van der Waals surface area contributed by atoms with Gasteiger partial charge in [-0.1, -0.05) is 18.6 Å². The Labute approximate surface area is 131 Å². The zero-order valence-electron chi connectivity index (χ0n) is 13.0. The molecule has 3 rings (SSSR count). The lowest BCUT2D eigenvalue weighted by molar-refractivity contribution is -0.122. The number of carbonyl (C=O) groups is 1. The molecule has 1 aliphatic carbocycles. The largest absolute Gasteiger partial charge is 0.349 e. The minimum absolute atomic E-state index is 0.0450. The van der Waals surface area contributed by atoms with Crippen LogP contribution in [0.2, 0.25) is 0 Å². The van der Waals surface area contributed by atoms with Crippen molar-refractivity contribution in [3.8, 4) is 0 Å². The highest BCUT2D eigenvalue weighted by Gasteiger charge is 2.29. The molecule has 2 N–H and O–H groups in total. The standard InChI is InChI=1S/C18H25FN2O/c19-16-7-5-15(6-8-16)18(14-2-1-3-14)21-17(22)9-4-13-10-11-20-12-13/h5-8,13-14,18,20H,1-4,9-12H2,(H,21,22). The second kappa shape index (κ2) is 7.23. The molecule has 1 aromatic carbocycles. The van der Waals surface area contributed by atoms with Crippen molar-refractivity contribution in [3.05, 3.63) is 35.6 Å². The fourth-order valence-electron chi connectivity index (χ4n) is 3.46. The summed E-state index contributed by atoms with van der Waals surface area (Å²) in [4.78, 5) is 12.3. The van der Waals surface area contributed by atoms with Gasteiger partial charge in [-0.05, 0) is 68.3 Å². The van der Waals surface area contributed by atoms with Gasteiger partial charge in [0.15, 0.2) is 0 Å². The number of hydrogen-bond acceptors (Lipinski definition) is 2. The normalized spacial score (nSPS) is 23.0. The molecule has 1 aliphatic heterocycles. The maximum Gasteiger partial charge on any atom is 0.220 e. The molecule has 1 aromatic rings. The van der Waals surface area contributed by atoms with E-state index in [1.54, 1.807) is 12.1 Å². The maximum absolute atomic E-state index is 13.1. The second-order valence-corrected chi connectivity index (χ2v) is 6.69. The maximum atomic E-state index is 13.1. The van der Waals surface area contributed by atoms with E-state index in [4.69, 9.17) is 0 Å². The molecule has 0 bridgehead atoms. The predicted octanol–water partition coefficient (Wildman–Crippen LogP) is 3.17. The molecule has 1 saturated heterocycles. The lowest BCUT2D eigenvalue weighted by atomic mass is 9.77. The van der Waals surface area contributed by atoms with E-state index in [9.17, 15) is 9.18 Å². The summed E-state index contributed by atoms with van der Waals surface area (Å²) in [5.41, 5.74) is 1.03. The summed E-state index contributed by atoms with van der Waals surface area (Å²) in [7, 11) is 0. The molecule has 2 fully saturated rings. The van der Waals surface area contributed by atoms with Crippen LogP contribution in [0, 0.1) is 17.7 Å². The molecule has 0 spiro atoms. The summed E-state index contributed by atoms with van der Waals surface area (Å²) in [6.45, 7) is 2.11. The number of benzene rings is 1. The lowest BCUT2D eigenvalue weighted by Crippen LogP contribution is -2.36. The molecule has 120 valence electrons. The molecule has 1 amide bonds. The van der Waals surface area contributed by atoms with Crippen LogP contribution < -0.4 is 10.6 Å². The van der Waals surface area contributed by atoms with Gasteiger partial charge in [-0.15, -0.1) is 0 Å². The van der Waals surface area contributed by atoms with Crippen molar-refractivity contribution in [2.75, 3.05) is 13.1 Å². The van der Waals surface area contributed by atoms with Crippen molar-refractivity contribution >= 4 is 5.91 Å². The molecule has 2 unspecified atom stereocenters. The van der Waals surface area contributed by atoms with E-state index in [1.807, 2.05) is 0 Å².